The topological polar surface area (TPSA) is 85.2 Å². The van der Waals surface area contributed by atoms with Crippen LogP contribution in [0.3, 0.4) is 0 Å². The Morgan fingerprint density at radius 2 is 1.48 bits per heavy atom. The average molecular weight is 520 g/mol. The fourth-order valence-electron chi connectivity index (χ4n) is 3.87. The largest absolute Gasteiger partial charge is 0.493 e. The van der Waals surface area contributed by atoms with Gasteiger partial charge in [-0.1, -0.05) is 6.92 Å². The highest BCUT2D eigenvalue weighted by Crippen LogP contribution is 2.43. The van der Waals surface area contributed by atoms with Crippen molar-refractivity contribution in [3.05, 3.63) is 44.8 Å². The van der Waals surface area contributed by atoms with Crippen LogP contribution in [-0.4, -0.2) is 46.1 Å². The molecule has 0 saturated carbocycles. The average Bonchev–Trinajstić information content (AvgIpc) is 2.83. The summed E-state index contributed by atoms with van der Waals surface area (Å²) in [6, 6.07) is 6.88. The number of benzene rings is 2. The molecule has 9 heteroatoms. The summed E-state index contributed by atoms with van der Waals surface area (Å²) < 4.78 is 29.0. The molecule has 3 aromatic rings. The van der Waals surface area contributed by atoms with Crippen LogP contribution in [0, 0.1) is 0 Å². The number of esters is 1. The summed E-state index contributed by atoms with van der Waals surface area (Å²) in [5.41, 5.74) is 0.953. The normalized spacial score (nSPS) is 10.8. The second-order valence-electron chi connectivity index (χ2n) is 7.12. The molecule has 2 aromatic carbocycles. The van der Waals surface area contributed by atoms with Crippen LogP contribution in [-0.2, 0) is 11.3 Å². The van der Waals surface area contributed by atoms with E-state index in [9.17, 15) is 9.59 Å². The molecule has 176 valence electrons. The summed E-state index contributed by atoms with van der Waals surface area (Å²) in [4.78, 5) is 26.5. The maximum absolute atomic E-state index is 13.5. The quantitative estimate of drug-likeness (QED) is 0.400. The number of carbonyl (C=O) groups excluding carboxylic acids is 1. The minimum atomic E-state index is -0.627. The molecule has 0 spiro atoms. The molecule has 0 aliphatic rings. The predicted molar refractivity (Wildman–Crippen MR) is 129 cm³/mol. The number of ether oxygens (including phenoxy) is 5. The first-order valence-electron chi connectivity index (χ1n) is 10.2. The van der Waals surface area contributed by atoms with Gasteiger partial charge in [-0.3, -0.25) is 4.79 Å². The molecule has 1 aromatic heterocycles. The van der Waals surface area contributed by atoms with Gasteiger partial charge in [-0.15, -0.1) is 0 Å². The standard InChI is InChI=1S/C24H26BrNO7/c1-7-8-26-21(24(28)33-6)20(13-9-16(25)22(32-5)19(10-13)31-4)14-11-17(29-2)18(30-3)12-15(14)23(26)27/h9-12H,7-8H2,1-6H3. The fourth-order valence-corrected chi connectivity index (χ4v) is 4.48. The molecule has 1 heterocycles. The zero-order chi connectivity index (χ0) is 24.3. The number of rotatable bonds is 8. The molecule has 0 bridgehead atoms. The van der Waals surface area contributed by atoms with E-state index in [1.165, 1.54) is 40.1 Å². The van der Waals surface area contributed by atoms with E-state index in [1.54, 1.807) is 24.3 Å². The fraction of sp³-hybridized carbons (Fsp3) is 0.333. The molecule has 0 atom stereocenters. The lowest BCUT2D eigenvalue weighted by Crippen LogP contribution is -2.28. The second kappa shape index (κ2) is 10.2. The van der Waals surface area contributed by atoms with Crippen LogP contribution in [0.2, 0.25) is 0 Å². The molecule has 0 fully saturated rings. The Bertz CT molecular complexity index is 1270. The van der Waals surface area contributed by atoms with Crippen molar-refractivity contribution in [3.8, 4) is 34.1 Å². The van der Waals surface area contributed by atoms with Gasteiger partial charge < -0.3 is 28.3 Å². The highest BCUT2D eigenvalue weighted by Gasteiger charge is 2.26. The Kier molecular flexibility index (Phi) is 7.53. The summed E-state index contributed by atoms with van der Waals surface area (Å²) in [6.07, 6.45) is 0.637. The van der Waals surface area contributed by atoms with Gasteiger partial charge in [0.05, 0.1) is 45.4 Å². The Morgan fingerprint density at radius 3 is 2.00 bits per heavy atom. The second-order valence-corrected chi connectivity index (χ2v) is 7.97. The first-order chi connectivity index (χ1) is 15.9. The molecule has 0 unspecified atom stereocenters. The van der Waals surface area contributed by atoms with Crippen molar-refractivity contribution in [2.24, 2.45) is 0 Å². The van der Waals surface area contributed by atoms with Gasteiger partial charge in [0.1, 0.15) is 5.69 Å². The molecule has 8 nitrogen and oxygen atoms in total. The van der Waals surface area contributed by atoms with Crippen LogP contribution in [0.1, 0.15) is 23.8 Å². The van der Waals surface area contributed by atoms with E-state index in [4.69, 9.17) is 23.7 Å². The van der Waals surface area contributed by atoms with Gasteiger partial charge >= 0.3 is 5.97 Å². The zero-order valence-corrected chi connectivity index (χ0v) is 21.0. The number of pyridine rings is 1. The number of carbonyl (C=O) groups is 1. The smallest absolute Gasteiger partial charge is 0.355 e. The van der Waals surface area contributed by atoms with Crippen LogP contribution in [0.4, 0.5) is 0 Å². The van der Waals surface area contributed by atoms with E-state index < -0.39 is 5.97 Å². The first-order valence-corrected chi connectivity index (χ1v) is 11.0. The molecule has 3 rings (SSSR count). The van der Waals surface area contributed by atoms with Crippen molar-refractivity contribution >= 4 is 32.7 Å². The molecule has 0 aliphatic carbocycles. The van der Waals surface area contributed by atoms with Crippen LogP contribution < -0.4 is 24.5 Å². The summed E-state index contributed by atoms with van der Waals surface area (Å²) in [7, 11) is 7.37. The molecule has 33 heavy (non-hydrogen) atoms. The molecular formula is C24H26BrNO7. The third-order valence-electron chi connectivity index (χ3n) is 5.32. The van der Waals surface area contributed by atoms with Gasteiger partial charge in [-0.05, 0) is 52.2 Å². The lowest BCUT2D eigenvalue weighted by atomic mass is 9.95. The summed E-state index contributed by atoms with van der Waals surface area (Å²) in [5, 5.41) is 0.902. The van der Waals surface area contributed by atoms with E-state index in [0.717, 1.165) is 0 Å². The SMILES string of the molecule is CCCn1c(C(=O)OC)c(-c2cc(Br)c(OC)c(OC)c2)c2cc(OC)c(OC)cc2c1=O. The van der Waals surface area contributed by atoms with Gasteiger partial charge in [-0.25, -0.2) is 4.79 Å². The van der Waals surface area contributed by atoms with E-state index in [1.807, 2.05) is 6.92 Å². The summed E-state index contributed by atoms with van der Waals surface area (Å²) in [5.74, 6) is 1.17. The first kappa shape index (κ1) is 24.4. The molecular weight excluding hydrogens is 494 g/mol. The number of halogens is 1. The number of aromatic nitrogens is 1. The summed E-state index contributed by atoms with van der Waals surface area (Å²) >= 11 is 3.52. The van der Waals surface area contributed by atoms with Crippen molar-refractivity contribution in [2.75, 3.05) is 35.5 Å². The highest BCUT2D eigenvalue weighted by molar-refractivity contribution is 9.10. The predicted octanol–water partition coefficient (Wildman–Crippen LogP) is 4.66. The van der Waals surface area contributed by atoms with Crippen molar-refractivity contribution in [1.82, 2.24) is 4.57 Å². The van der Waals surface area contributed by atoms with Crippen molar-refractivity contribution in [1.29, 1.82) is 0 Å². The van der Waals surface area contributed by atoms with Gasteiger partial charge in [-0.2, -0.15) is 0 Å². The third kappa shape index (κ3) is 4.25. The highest BCUT2D eigenvalue weighted by atomic mass is 79.9. The maximum atomic E-state index is 13.5. The Hall–Kier alpha value is -3.20. The maximum Gasteiger partial charge on any atom is 0.355 e. The van der Waals surface area contributed by atoms with Gasteiger partial charge in [0.15, 0.2) is 23.0 Å². The van der Waals surface area contributed by atoms with E-state index >= 15 is 0 Å². The lowest BCUT2D eigenvalue weighted by molar-refractivity contribution is 0.0588. The molecule has 0 amide bonds. The number of hydrogen-bond donors (Lipinski definition) is 0. The van der Waals surface area contributed by atoms with Gasteiger partial charge in [0.25, 0.3) is 5.56 Å². The Balaban J connectivity index is 2.61. The monoisotopic (exact) mass is 519 g/mol. The number of fused-ring (bicyclic) bond motifs is 1. The minimum Gasteiger partial charge on any atom is -0.493 e. The van der Waals surface area contributed by atoms with Crippen LogP contribution >= 0.6 is 15.9 Å². The van der Waals surface area contributed by atoms with E-state index in [2.05, 4.69) is 15.9 Å². The number of nitrogens with zero attached hydrogens (tertiary/aromatic N) is 1. The van der Waals surface area contributed by atoms with Crippen LogP contribution in [0.15, 0.2) is 33.5 Å². The van der Waals surface area contributed by atoms with E-state index in [-0.39, 0.29) is 11.3 Å². The van der Waals surface area contributed by atoms with E-state index in [0.29, 0.717) is 62.3 Å². The Labute approximate surface area is 200 Å². The molecule has 0 radical (unpaired) electrons. The number of hydrogen-bond acceptors (Lipinski definition) is 7. The third-order valence-corrected chi connectivity index (χ3v) is 5.91. The van der Waals surface area contributed by atoms with Gasteiger partial charge in [0.2, 0.25) is 0 Å². The molecule has 0 saturated heterocycles. The van der Waals surface area contributed by atoms with Crippen LogP contribution in [0.5, 0.6) is 23.0 Å². The molecule has 0 N–H and O–H groups in total. The lowest BCUT2D eigenvalue weighted by Gasteiger charge is -2.20. The zero-order valence-electron chi connectivity index (χ0n) is 19.4. The van der Waals surface area contributed by atoms with Crippen LogP contribution in [0.25, 0.3) is 21.9 Å². The summed E-state index contributed by atoms with van der Waals surface area (Å²) in [6.45, 7) is 2.26. The van der Waals surface area contributed by atoms with Gasteiger partial charge in [0, 0.05) is 17.5 Å². The molecule has 0 aliphatic heterocycles. The van der Waals surface area contributed by atoms with Crippen molar-refractivity contribution < 1.29 is 28.5 Å². The number of methoxy groups -OCH3 is 5. The minimum absolute atomic E-state index is 0.142. The van der Waals surface area contributed by atoms with Crippen molar-refractivity contribution in [2.45, 2.75) is 19.9 Å². The van der Waals surface area contributed by atoms with Crippen molar-refractivity contribution in [3.63, 3.8) is 0 Å². The Morgan fingerprint density at radius 1 is 0.879 bits per heavy atom.